The van der Waals surface area contributed by atoms with Crippen molar-refractivity contribution in [3.8, 4) is 39.8 Å². The van der Waals surface area contributed by atoms with Crippen LogP contribution in [0.25, 0.3) is 49.4 Å². The molecule has 5 nitrogen and oxygen atoms in total. The van der Waals surface area contributed by atoms with Gasteiger partial charge in [-0.1, -0.05) is 115 Å². The first-order valence-corrected chi connectivity index (χ1v) is 21.3. The molecule has 0 atom stereocenters. The molecule has 13 rings (SSSR count). The van der Waals surface area contributed by atoms with E-state index in [4.69, 9.17) is 9.47 Å². The second-order valence-electron chi connectivity index (χ2n) is 15.0. The number of fused-ring (bicyclic) bond motifs is 7. The maximum absolute atomic E-state index is 6.44. The van der Waals surface area contributed by atoms with E-state index in [1.165, 1.54) is 63.3 Å². The summed E-state index contributed by atoms with van der Waals surface area (Å²) < 4.78 is 15.1. The predicted octanol–water partition coefficient (Wildman–Crippen LogP) is 15.6. The Morgan fingerprint density at radius 1 is 0.458 bits per heavy atom. The SMILES string of the molecule is c1ccc(N(c2ccc3c(c2)Oc2ccccc2O3)c2ccc3c4c2Sc2ccc5cccc(c5c2S4)-c2cc4c(cc2N3)c2ccccc2n4-c2ccccc2)cc1. The van der Waals surface area contributed by atoms with Crippen LogP contribution in [0.1, 0.15) is 0 Å². The molecule has 9 aromatic carbocycles. The lowest BCUT2D eigenvalue weighted by molar-refractivity contribution is 0.360. The van der Waals surface area contributed by atoms with E-state index in [2.05, 4.69) is 166 Å². The molecule has 59 heavy (non-hydrogen) atoms. The van der Waals surface area contributed by atoms with E-state index in [0.29, 0.717) is 23.0 Å². The summed E-state index contributed by atoms with van der Waals surface area (Å²) in [6.07, 6.45) is 0. The molecule has 3 aliphatic heterocycles. The monoisotopic (exact) mass is 793 g/mol. The molecule has 4 heterocycles. The molecule has 1 aromatic heterocycles. The van der Waals surface area contributed by atoms with E-state index in [0.717, 1.165) is 34.1 Å². The van der Waals surface area contributed by atoms with Crippen LogP contribution in [0.5, 0.6) is 23.0 Å². The summed E-state index contributed by atoms with van der Waals surface area (Å²) >= 11 is 3.72. The van der Waals surface area contributed by atoms with Crippen LogP contribution in [0.15, 0.2) is 202 Å². The molecular weight excluding hydrogens is 763 g/mol. The number of anilines is 5. The maximum atomic E-state index is 6.44. The Balaban J connectivity index is 1.04. The fourth-order valence-corrected chi connectivity index (χ4v) is 11.6. The van der Waals surface area contributed by atoms with Crippen molar-refractivity contribution in [3.63, 3.8) is 0 Å². The number of nitrogens with zero attached hydrogens (tertiary/aromatic N) is 2. The summed E-state index contributed by atoms with van der Waals surface area (Å²) in [7, 11) is 0. The third-order valence-electron chi connectivity index (χ3n) is 11.6. The number of para-hydroxylation sites is 5. The summed E-state index contributed by atoms with van der Waals surface area (Å²) in [5.41, 5.74) is 11.2. The molecule has 0 radical (unpaired) electrons. The largest absolute Gasteiger partial charge is 0.450 e. The van der Waals surface area contributed by atoms with Crippen molar-refractivity contribution in [3.05, 3.63) is 182 Å². The highest BCUT2D eigenvalue weighted by atomic mass is 32.2. The lowest BCUT2D eigenvalue weighted by Crippen LogP contribution is -2.13. The van der Waals surface area contributed by atoms with Gasteiger partial charge in [0, 0.05) is 54.6 Å². The van der Waals surface area contributed by atoms with Crippen molar-refractivity contribution >= 4 is 84.5 Å². The van der Waals surface area contributed by atoms with Gasteiger partial charge in [-0.05, 0) is 95.9 Å². The van der Waals surface area contributed by atoms with Gasteiger partial charge in [0.05, 0.1) is 37.9 Å². The Hall–Kier alpha value is -7.06. The van der Waals surface area contributed by atoms with Crippen molar-refractivity contribution < 1.29 is 9.47 Å². The number of benzene rings is 9. The highest BCUT2D eigenvalue weighted by Crippen LogP contribution is 2.60. The van der Waals surface area contributed by atoms with Crippen LogP contribution < -0.4 is 19.7 Å². The van der Waals surface area contributed by atoms with Gasteiger partial charge in [0.15, 0.2) is 23.0 Å². The number of hydrogen-bond donors (Lipinski definition) is 1. The molecule has 0 amide bonds. The van der Waals surface area contributed by atoms with Gasteiger partial charge in [0.25, 0.3) is 0 Å². The third kappa shape index (κ3) is 5.02. The molecule has 0 fully saturated rings. The fourth-order valence-electron chi connectivity index (χ4n) is 8.97. The average molecular weight is 794 g/mol. The summed E-state index contributed by atoms with van der Waals surface area (Å²) in [6.45, 7) is 0. The van der Waals surface area contributed by atoms with Crippen molar-refractivity contribution in [2.24, 2.45) is 0 Å². The Kier molecular flexibility index (Phi) is 7.11. The van der Waals surface area contributed by atoms with Crippen molar-refractivity contribution in [2.45, 2.75) is 19.6 Å². The van der Waals surface area contributed by atoms with Crippen LogP contribution in [0, 0.1) is 0 Å². The Morgan fingerprint density at radius 3 is 2.08 bits per heavy atom. The van der Waals surface area contributed by atoms with E-state index in [1.807, 2.05) is 53.9 Å². The van der Waals surface area contributed by atoms with Gasteiger partial charge in [-0.15, -0.1) is 0 Å². The molecule has 0 aliphatic carbocycles. The highest BCUT2D eigenvalue weighted by molar-refractivity contribution is 8.05. The number of ether oxygens (including phenoxy) is 2. The zero-order chi connectivity index (χ0) is 38.6. The minimum absolute atomic E-state index is 0.683. The van der Waals surface area contributed by atoms with Gasteiger partial charge in [0.1, 0.15) is 0 Å². The summed E-state index contributed by atoms with van der Waals surface area (Å²) in [5, 5.41) is 8.98. The van der Waals surface area contributed by atoms with Crippen LogP contribution >= 0.6 is 23.5 Å². The Morgan fingerprint density at radius 2 is 1.22 bits per heavy atom. The first kappa shape index (κ1) is 33.0. The van der Waals surface area contributed by atoms with Crippen LogP contribution in [0.2, 0.25) is 0 Å². The van der Waals surface area contributed by atoms with E-state index in [9.17, 15) is 0 Å². The Bertz CT molecular complexity index is 3380. The molecule has 0 spiro atoms. The zero-order valence-corrected chi connectivity index (χ0v) is 33.0. The van der Waals surface area contributed by atoms with E-state index in [1.54, 1.807) is 0 Å². The number of nitrogens with one attached hydrogen (secondary N) is 1. The second kappa shape index (κ2) is 12.7. The minimum atomic E-state index is 0.683. The molecule has 2 bridgehead atoms. The van der Waals surface area contributed by atoms with Gasteiger partial charge in [-0.3, -0.25) is 0 Å². The van der Waals surface area contributed by atoms with Gasteiger partial charge >= 0.3 is 0 Å². The highest BCUT2D eigenvalue weighted by Gasteiger charge is 2.31. The molecule has 7 heteroatoms. The smallest absolute Gasteiger partial charge is 0.172 e. The van der Waals surface area contributed by atoms with E-state index in [-0.39, 0.29) is 0 Å². The van der Waals surface area contributed by atoms with Crippen LogP contribution in [0.4, 0.5) is 28.4 Å². The molecule has 0 unspecified atom stereocenters. The van der Waals surface area contributed by atoms with Gasteiger partial charge in [0.2, 0.25) is 0 Å². The van der Waals surface area contributed by atoms with E-state index < -0.39 is 0 Å². The molecule has 10 aromatic rings. The van der Waals surface area contributed by atoms with Gasteiger partial charge in [-0.2, -0.15) is 0 Å². The fraction of sp³-hybridized carbons (Fsp3) is 0. The van der Waals surface area contributed by atoms with Crippen LogP contribution in [-0.4, -0.2) is 4.57 Å². The molecular formula is C52H31N3O2S2. The normalized spacial score (nSPS) is 13.0. The molecule has 0 saturated carbocycles. The average Bonchev–Trinajstić information content (AvgIpc) is 3.63. The minimum Gasteiger partial charge on any atom is -0.450 e. The molecule has 3 aliphatic rings. The van der Waals surface area contributed by atoms with Gasteiger partial charge < -0.3 is 24.3 Å². The third-order valence-corrected chi connectivity index (χ3v) is 14.3. The number of rotatable bonds is 4. The first-order valence-electron chi connectivity index (χ1n) is 19.7. The van der Waals surface area contributed by atoms with Crippen LogP contribution in [0.3, 0.4) is 0 Å². The number of hydrogen-bond acceptors (Lipinski definition) is 6. The van der Waals surface area contributed by atoms with Gasteiger partial charge in [-0.25, -0.2) is 0 Å². The summed E-state index contributed by atoms with van der Waals surface area (Å²) in [4.78, 5) is 7.27. The first-order chi connectivity index (χ1) is 29.2. The lowest BCUT2D eigenvalue weighted by atomic mass is 9.95. The zero-order valence-electron chi connectivity index (χ0n) is 31.3. The summed E-state index contributed by atoms with van der Waals surface area (Å²) in [6, 6.07) is 64.7. The summed E-state index contributed by atoms with van der Waals surface area (Å²) in [5.74, 6) is 2.80. The Labute approximate surface area is 348 Å². The van der Waals surface area contributed by atoms with Crippen molar-refractivity contribution in [1.29, 1.82) is 0 Å². The second-order valence-corrected chi connectivity index (χ2v) is 17.0. The molecule has 0 saturated heterocycles. The maximum Gasteiger partial charge on any atom is 0.172 e. The predicted molar refractivity (Wildman–Crippen MR) is 243 cm³/mol. The standard InChI is InChI=1S/C52H31N3O2S2/c1-3-13-32(14-4-1)54(34-23-26-46-47(28-34)57-45-21-10-9-20-44(45)56-46)42-25-24-39-50-51(42)58-48-27-22-31-12-11-18-36(49(31)52(48)59-50)37-30-43-38(29-40(37)53-39)35-17-7-8-19-41(35)55(43)33-15-5-2-6-16-33/h1-30,53H. The quantitative estimate of drug-likeness (QED) is 0.191. The van der Waals surface area contributed by atoms with Crippen molar-refractivity contribution in [1.82, 2.24) is 4.57 Å². The molecule has 1 N–H and O–H groups in total. The number of aromatic nitrogens is 1. The van der Waals surface area contributed by atoms with Crippen molar-refractivity contribution in [2.75, 3.05) is 10.2 Å². The van der Waals surface area contributed by atoms with Crippen LogP contribution in [-0.2, 0) is 0 Å². The van der Waals surface area contributed by atoms with E-state index >= 15 is 0 Å². The molecule has 278 valence electrons. The topological polar surface area (TPSA) is 38.7 Å². The lowest BCUT2D eigenvalue weighted by Gasteiger charge is -2.32.